The zero-order valence-corrected chi connectivity index (χ0v) is 11.4. The van der Waals surface area contributed by atoms with Crippen LogP contribution >= 0.6 is 0 Å². The fourth-order valence-corrected chi connectivity index (χ4v) is 1.86. The Kier molecular flexibility index (Phi) is 5.74. The summed E-state index contributed by atoms with van der Waals surface area (Å²) in [6, 6.07) is 19.7. The molecule has 0 aromatic heterocycles. The van der Waals surface area contributed by atoms with Crippen LogP contribution in [0.4, 0.5) is 0 Å². The Morgan fingerprint density at radius 2 is 1.60 bits per heavy atom. The Balaban J connectivity index is 1.66. The molecule has 0 amide bonds. The van der Waals surface area contributed by atoms with Gasteiger partial charge in [0, 0.05) is 6.42 Å². The van der Waals surface area contributed by atoms with Gasteiger partial charge in [-0.2, -0.15) is 0 Å². The lowest BCUT2D eigenvalue weighted by atomic mass is 10.1. The van der Waals surface area contributed by atoms with Crippen LogP contribution in [-0.4, -0.2) is 19.0 Å². The van der Waals surface area contributed by atoms with E-state index in [0.29, 0.717) is 13.0 Å². The molecule has 0 fully saturated rings. The van der Waals surface area contributed by atoms with E-state index >= 15 is 0 Å². The predicted molar refractivity (Wildman–Crippen MR) is 81.4 cm³/mol. The van der Waals surface area contributed by atoms with E-state index in [1.165, 1.54) is 0 Å². The van der Waals surface area contributed by atoms with Crippen LogP contribution in [0.2, 0.25) is 0 Å². The summed E-state index contributed by atoms with van der Waals surface area (Å²) in [7, 11) is 0. The minimum Gasteiger partial charge on any atom is -0.370 e. The molecule has 0 unspecified atom stereocenters. The third kappa shape index (κ3) is 5.21. The van der Waals surface area contributed by atoms with Crippen molar-refractivity contribution in [1.29, 1.82) is 0 Å². The molecule has 2 rings (SSSR count). The van der Waals surface area contributed by atoms with Crippen LogP contribution in [0.3, 0.4) is 0 Å². The SMILES string of the molecule is O=C(COCC=Cc1ccccc1)Cc1ccccc1. The van der Waals surface area contributed by atoms with Gasteiger partial charge in [0.1, 0.15) is 6.61 Å². The first-order valence-corrected chi connectivity index (χ1v) is 6.69. The second-order valence-electron chi connectivity index (χ2n) is 4.53. The standard InChI is InChI=1S/C18H18O2/c19-18(14-17-10-5-2-6-11-17)15-20-13-7-12-16-8-3-1-4-9-16/h1-12H,13-15H2. The van der Waals surface area contributed by atoms with Gasteiger partial charge in [0.05, 0.1) is 6.61 Å². The van der Waals surface area contributed by atoms with Crippen LogP contribution in [0.15, 0.2) is 66.7 Å². The maximum atomic E-state index is 11.7. The summed E-state index contributed by atoms with van der Waals surface area (Å²) >= 11 is 0. The number of carbonyl (C=O) groups is 1. The second kappa shape index (κ2) is 8.08. The summed E-state index contributed by atoms with van der Waals surface area (Å²) in [5, 5.41) is 0. The smallest absolute Gasteiger partial charge is 0.162 e. The molecule has 0 aliphatic carbocycles. The molecule has 0 N–H and O–H groups in total. The first-order valence-electron chi connectivity index (χ1n) is 6.69. The van der Waals surface area contributed by atoms with Crippen molar-refractivity contribution in [2.75, 3.05) is 13.2 Å². The van der Waals surface area contributed by atoms with E-state index in [1.807, 2.05) is 72.8 Å². The average Bonchev–Trinajstić information content (AvgIpc) is 2.49. The lowest BCUT2D eigenvalue weighted by molar-refractivity contribution is -0.122. The molecule has 0 saturated heterocycles. The van der Waals surface area contributed by atoms with Gasteiger partial charge in [0.2, 0.25) is 0 Å². The molecule has 2 aromatic carbocycles. The number of ether oxygens (including phenoxy) is 1. The van der Waals surface area contributed by atoms with Crippen LogP contribution in [0.25, 0.3) is 6.08 Å². The van der Waals surface area contributed by atoms with Crippen molar-refractivity contribution in [1.82, 2.24) is 0 Å². The van der Waals surface area contributed by atoms with E-state index in [9.17, 15) is 4.79 Å². The minimum atomic E-state index is 0.101. The van der Waals surface area contributed by atoms with E-state index in [4.69, 9.17) is 4.74 Å². The van der Waals surface area contributed by atoms with Crippen molar-refractivity contribution in [3.05, 3.63) is 77.9 Å². The fraction of sp³-hybridized carbons (Fsp3) is 0.167. The average molecular weight is 266 g/mol. The molecule has 0 aliphatic heterocycles. The van der Waals surface area contributed by atoms with Gasteiger partial charge in [-0.05, 0) is 11.1 Å². The molecular weight excluding hydrogens is 248 g/mol. The molecule has 2 nitrogen and oxygen atoms in total. The van der Waals surface area contributed by atoms with Gasteiger partial charge >= 0.3 is 0 Å². The zero-order chi connectivity index (χ0) is 14.0. The van der Waals surface area contributed by atoms with Gasteiger partial charge in [0.15, 0.2) is 5.78 Å². The van der Waals surface area contributed by atoms with Gasteiger partial charge < -0.3 is 4.74 Å². The zero-order valence-electron chi connectivity index (χ0n) is 11.4. The number of hydrogen-bond acceptors (Lipinski definition) is 2. The quantitative estimate of drug-likeness (QED) is 0.717. The highest BCUT2D eigenvalue weighted by Crippen LogP contribution is 2.02. The molecule has 0 atom stereocenters. The molecule has 102 valence electrons. The topological polar surface area (TPSA) is 26.3 Å². The Labute approximate surface area is 119 Å². The summed E-state index contributed by atoms with van der Waals surface area (Å²) < 4.78 is 5.35. The van der Waals surface area contributed by atoms with Gasteiger partial charge in [-0.25, -0.2) is 0 Å². The van der Waals surface area contributed by atoms with Crippen molar-refractivity contribution in [2.45, 2.75) is 6.42 Å². The molecule has 20 heavy (non-hydrogen) atoms. The van der Waals surface area contributed by atoms with Gasteiger partial charge in [0.25, 0.3) is 0 Å². The number of benzene rings is 2. The number of Topliss-reactive ketones (excluding diaryl/α,β-unsaturated/α-hetero) is 1. The van der Waals surface area contributed by atoms with E-state index in [-0.39, 0.29) is 12.4 Å². The predicted octanol–water partition coefficient (Wildman–Crippen LogP) is 3.53. The first kappa shape index (κ1) is 14.2. The molecule has 0 aliphatic rings. The fourth-order valence-electron chi connectivity index (χ4n) is 1.86. The normalized spacial score (nSPS) is 10.8. The molecular formula is C18H18O2. The summed E-state index contributed by atoms with van der Waals surface area (Å²) in [5.41, 5.74) is 2.16. The van der Waals surface area contributed by atoms with Crippen LogP contribution in [0, 0.1) is 0 Å². The van der Waals surface area contributed by atoms with Crippen molar-refractivity contribution in [3.63, 3.8) is 0 Å². The molecule has 0 bridgehead atoms. The molecule has 2 aromatic rings. The third-order valence-electron chi connectivity index (χ3n) is 2.83. The van der Waals surface area contributed by atoms with Crippen molar-refractivity contribution < 1.29 is 9.53 Å². The highest BCUT2D eigenvalue weighted by molar-refractivity contribution is 5.82. The maximum Gasteiger partial charge on any atom is 0.162 e. The van der Waals surface area contributed by atoms with E-state index in [2.05, 4.69) is 0 Å². The Hall–Kier alpha value is -2.19. The lowest BCUT2D eigenvalue weighted by Gasteiger charge is -2.01. The van der Waals surface area contributed by atoms with E-state index < -0.39 is 0 Å². The van der Waals surface area contributed by atoms with Crippen LogP contribution in [0.5, 0.6) is 0 Å². The number of ketones is 1. The Bertz CT molecular complexity index is 544. The van der Waals surface area contributed by atoms with Crippen molar-refractivity contribution in [2.24, 2.45) is 0 Å². The van der Waals surface area contributed by atoms with Gasteiger partial charge in [-0.3, -0.25) is 4.79 Å². The second-order valence-corrected chi connectivity index (χ2v) is 4.53. The summed E-state index contributed by atoms with van der Waals surface area (Å²) in [5.74, 6) is 0.101. The summed E-state index contributed by atoms with van der Waals surface area (Å²) in [6.07, 6.45) is 4.34. The number of carbonyl (C=O) groups excluding carboxylic acids is 1. The maximum absolute atomic E-state index is 11.7. The molecule has 0 radical (unpaired) electrons. The lowest BCUT2D eigenvalue weighted by Crippen LogP contribution is -2.11. The Morgan fingerprint density at radius 1 is 0.950 bits per heavy atom. The highest BCUT2D eigenvalue weighted by Gasteiger charge is 2.02. The van der Waals surface area contributed by atoms with Crippen molar-refractivity contribution in [3.8, 4) is 0 Å². The van der Waals surface area contributed by atoms with Gasteiger partial charge in [-0.1, -0.05) is 72.8 Å². The first-order chi connectivity index (χ1) is 9.84. The van der Waals surface area contributed by atoms with E-state index in [0.717, 1.165) is 11.1 Å². The minimum absolute atomic E-state index is 0.101. The largest absolute Gasteiger partial charge is 0.370 e. The summed E-state index contributed by atoms with van der Waals surface area (Å²) in [6.45, 7) is 0.615. The summed E-state index contributed by atoms with van der Waals surface area (Å²) in [4.78, 5) is 11.7. The molecule has 0 heterocycles. The van der Waals surface area contributed by atoms with Crippen molar-refractivity contribution >= 4 is 11.9 Å². The molecule has 0 spiro atoms. The molecule has 2 heteroatoms. The van der Waals surface area contributed by atoms with Crippen LogP contribution in [0.1, 0.15) is 11.1 Å². The monoisotopic (exact) mass is 266 g/mol. The van der Waals surface area contributed by atoms with Gasteiger partial charge in [-0.15, -0.1) is 0 Å². The number of rotatable bonds is 7. The Morgan fingerprint density at radius 3 is 2.30 bits per heavy atom. The third-order valence-corrected chi connectivity index (χ3v) is 2.83. The number of hydrogen-bond donors (Lipinski definition) is 0. The highest BCUT2D eigenvalue weighted by atomic mass is 16.5. The van der Waals surface area contributed by atoms with E-state index in [1.54, 1.807) is 0 Å². The van der Waals surface area contributed by atoms with Crippen LogP contribution in [-0.2, 0) is 16.0 Å². The van der Waals surface area contributed by atoms with Crippen LogP contribution < -0.4 is 0 Å². The molecule has 0 saturated carbocycles.